The molecule has 0 saturated carbocycles. The lowest BCUT2D eigenvalue weighted by molar-refractivity contribution is 0.112. The molecule has 3 heteroatoms. The molecule has 0 amide bonds. The zero-order chi connectivity index (χ0) is 20.1. The van der Waals surface area contributed by atoms with Crippen LogP contribution in [0, 0.1) is 0 Å². The van der Waals surface area contributed by atoms with Gasteiger partial charge in [-0.2, -0.15) is 0 Å². The van der Waals surface area contributed by atoms with E-state index in [0.717, 1.165) is 23.0 Å². The lowest BCUT2D eigenvalue weighted by Gasteiger charge is -2.37. The Labute approximate surface area is 175 Å². The van der Waals surface area contributed by atoms with Crippen LogP contribution in [0.4, 0.5) is 0 Å². The summed E-state index contributed by atoms with van der Waals surface area (Å²) in [6, 6.07) is 34.9. The summed E-state index contributed by atoms with van der Waals surface area (Å²) < 4.78 is 6.74. The summed E-state index contributed by atoms with van der Waals surface area (Å²) in [4.78, 5) is 11.1. The van der Waals surface area contributed by atoms with Gasteiger partial charge in [0.05, 0.1) is 0 Å². The highest BCUT2D eigenvalue weighted by Gasteiger charge is 2.40. The van der Waals surface area contributed by atoms with Crippen molar-refractivity contribution in [2.24, 2.45) is 0 Å². The molecule has 142 valence electrons. The van der Waals surface area contributed by atoms with Crippen molar-refractivity contribution < 1.29 is 9.53 Å². The number of halogens is 1. The summed E-state index contributed by atoms with van der Waals surface area (Å²) in [5.41, 5.74) is 2.40. The van der Waals surface area contributed by atoms with Gasteiger partial charge in [0.2, 0.25) is 0 Å². The van der Waals surface area contributed by atoms with Crippen LogP contribution in [0.15, 0.2) is 109 Å². The maximum absolute atomic E-state index is 11.1. The Balaban J connectivity index is 2.00. The molecule has 0 unspecified atom stereocenters. The fraction of sp³-hybridized carbons (Fsp3) is 0.0385. The maximum Gasteiger partial charge on any atom is 0.186 e. The minimum atomic E-state index is -0.955. The molecule has 2 nitrogen and oxygen atoms in total. The molecule has 4 rings (SSSR count). The summed E-state index contributed by atoms with van der Waals surface area (Å²) in [6.07, 6.45) is 0.819. The molecule has 0 bridgehead atoms. The summed E-state index contributed by atoms with van der Waals surface area (Å²) in [6.45, 7) is 0. The lowest BCUT2D eigenvalue weighted by atomic mass is 9.80. The quantitative estimate of drug-likeness (QED) is 0.273. The fourth-order valence-electron chi connectivity index (χ4n) is 3.53. The van der Waals surface area contributed by atoms with Gasteiger partial charge in [-0.25, -0.2) is 0 Å². The van der Waals surface area contributed by atoms with Gasteiger partial charge in [0.1, 0.15) is 12.0 Å². The molecule has 0 heterocycles. The zero-order valence-corrected chi connectivity index (χ0v) is 16.4. The van der Waals surface area contributed by atoms with Gasteiger partial charge in [-0.1, -0.05) is 90.5 Å². The molecule has 0 aromatic heterocycles. The van der Waals surface area contributed by atoms with Crippen LogP contribution in [0.5, 0.6) is 5.75 Å². The molecule has 0 fully saturated rings. The van der Waals surface area contributed by atoms with Gasteiger partial charge in [0.15, 0.2) is 5.60 Å². The van der Waals surface area contributed by atoms with Crippen molar-refractivity contribution in [3.63, 3.8) is 0 Å². The third-order valence-corrected chi connectivity index (χ3v) is 5.23. The van der Waals surface area contributed by atoms with E-state index >= 15 is 0 Å². The molecule has 0 atom stereocenters. The number of carbonyl (C=O) groups excluding carboxylic acids is 1. The first kappa shape index (κ1) is 19.0. The predicted molar refractivity (Wildman–Crippen MR) is 117 cm³/mol. The van der Waals surface area contributed by atoms with Crippen LogP contribution in [-0.4, -0.2) is 6.29 Å². The zero-order valence-electron chi connectivity index (χ0n) is 15.7. The Hall–Kier alpha value is -3.36. The second kappa shape index (κ2) is 8.34. The van der Waals surface area contributed by atoms with Gasteiger partial charge in [-0.05, 0) is 30.3 Å². The number of hydrogen-bond donors (Lipinski definition) is 0. The topological polar surface area (TPSA) is 26.3 Å². The van der Waals surface area contributed by atoms with Gasteiger partial charge in [0, 0.05) is 27.3 Å². The van der Waals surface area contributed by atoms with Crippen LogP contribution in [0.2, 0.25) is 5.02 Å². The minimum absolute atomic E-state index is 0.597. The van der Waals surface area contributed by atoms with Gasteiger partial charge in [0.25, 0.3) is 0 Å². The van der Waals surface area contributed by atoms with Crippen molar-refractivity contribution >= 4 is 17.9 Å². The van der Waals surface area contributed by atoms with Gasteiger partial charge in [-0.3, -0.25) is 4.79 Å². The lowest BCUT2D eigenvalue weighted by Crippen LogP contribution is -2.36. The van der Waals surface area contributed by atoms with E-state index in [-0.39, 0.29) is 0 Å². The van der Waals surface area contributed by atoms with Crippen LogP contribution in [0.1, 0.15) is 27.0 Å². The van der Waals surface area contributed by atoms with E-state index in [0.29, 0.717) is 16.3 Å². The Kier molecular flexibility index (Phi) is 5.46. The Morgan fingerprint density at radius 1 is 0.655 bits per heavy atom. The highest BCUT2D eigenvalue weighted by atomic mass is 35.5. The van der Waals surface area contributed by atoms with E-state index in [9.17, 15) is 4.79 Å². The molecule has 4 aromatic rings. The van der Waals surface area contributed by atoms with Crippen molar-refractivity contribution in [3.8, 4) is 5.75 Å². The number of hydrogen-bond acceptors (Lipinski definition) is 2. The Bertz CT molecular complexity index is 1050. The largest absolute Gasteiger partial charge is 0.473 e. The number of rotatable bonds is 6. The van der Waals surface area contributed by atoms with Crippen molar-refractivity contribution in [2.75, 3.05) is 0 Å². The molecule has 29 heavy (non-hydrogen) atoms. The molecule has 0 spiro atoms. The second-order valence-electron chi connectivity index (χ2n) is 6.68. The molecule has 0 N–H and O–H groups in total. The van der Waals surface area contributed by atoms with Crippen molar-refractivity contribution in [1.82, 2.24) is 0 Å². The third kappa shape index (κ3) is 3.67. The molecule has 0 saturated heterocycles. The first-order valence-corrected chi connectivity index (χ1v) is 9.72. The maximum atomic E-state index is 11.1. The second-order valence-corrected chi connectivity index (χ2v) is 7.09. The van der Waals surface area contributed by atoms with Crippen LogP contribution in [0.25, 0.3) is 0 Å². The third-order valence-electron chi connectivity index (χ3n) is 4.90. The predicted octanol–water partition coefficient (Wildman–Crippen LogP) is 6.52. The Morgan fingerprint density at radius 2 is 1.17 bits per heavy atom. The van der Waals surface area contributed by atoms with E-state index in [1.165, 1.54) is 0 Å². The summed E-state index contributed by atoms with van der Waals surface area (Å²) in [7, 11) is 0. The highest BCUT2D eigenvalue weighted by Crippen LogP contribution is 2.43. The smallest absolute Gasteiger partial charge is 0.186 e. The van der Waals surface area contributed by atoms with Crippen molar-refractivity contribution in [1.29, 1.82) is 0 Å². The number of carbonyl (C=O) groups is 1. The monoisotopic (exact) mass is 398 g/mol. The van der Waals surface area contributed by atoms with E-state index < -0.39 is 5.60 Å². The van der Waals surface area contributed by atoms with E-state index in [2.05, 4.69) is 0 Å². The molecular formula is C26H19ClO2. The molecule has 0 aliphatic rings. The summed E-state index contributed by atoms with van der Waals surface area (Å²) in [5.74, 6) is 0.642. The van der Waals surface area contributed by atoms with Crippen LogP contribution < -0.4 is 4.74 Å². The average Bonchev–Trinajstić information content (AvgIpc) is 2.80. The minimum Gasteiger partial charge on any atom is -0.473 e. The number of ether oxygens (including phenoxy) is 1. The summed E-state index contributed by atoms with van der Waals surface area (Å²) in [5, 5.41) is 0.615. The molecule has 0 aliphatic heterocycles. The highest BCUT2D eigenvalue weighted by molar-refractivity contribution is 6.31. The first-order chi connectivity index (χ1) is 14.2. The average molecular weight is 399 g/mol. The van der Waals surface area contributed by atoms with Crippen LogP contribution in [0.3, 0.4) is 0 Å². The van der Waals surface area contributed by atoms with Crippen LogP contribution in [-0.2, 0) is 5.60 Å². The Morgan fingerprint density at radius 3 is 1.69 bits per heavy atom. The van der Waals surface area contributed by atoms with E-state index in [1.54, 1.807) is 24.3 Å². The van der Waals surface area contributed by atoms with Crippen LogP contribution >= 0.6 is 11.6 Å². The number of aldehydes is 1. The molecule has 0 aliphatic carbocycles. The van der Waals surface area contributed by atoms with Gasteiger partial charge < -0.3 is 4.74 Å². The first-order valence-electron chi connectivity index (χ1n) is 9.34. The van der Waals surface area contributed by atoms with Crippen molar-refractivity contribution in [2.45, 2.75) is 5.60 Å². The van der Waals surface area contributed by atoms with Gasteiger partial charge >= 0.3 is 0 Å². The van der Waals surface area contributed by atoms with Crippen molar-refractivity contribution in [3.05, 3.63) is 136 Å². The molecule has 4 aromatic carbocycles. The van der Waals surface area contributed by atoms with E-state index in [1.807, 2.05) is 84.9 Å². The normalized spacial score (nSPS) is 11.1. The van der Waals surface area contributed by atoms with Gasteiger partial charge in [-0.15, -0.1) is 0 Å². The molecular weight excluding hydrogens is 380 g/mol. The number of benzene rings is 4. The molecule has 0 radical (unpaired) electrons. The fourth-order valence-corrected chi connectivity index (χ4v) is 3.80. The standard InChI is InChI=1S/C26H19ClO2/c27-25-14-8-7-13-24(25)26(21-9-3-1-4-10-21,22-11-5-2-6-12-22)29-23-17-15-20(19-28)16-18-23/h1-19H. The summed E-state index contributed by atoms with van der Waals surface area (Å²) >= 11 is 6.70. The SMILES string of the molecule is O=Cc1ccc(OC(c2ccccc2)(c2ccccc2)c2ccccc2Cl)cc1. The van der Waals surface area contributed by atoms with E-state index in [4.69, 9.17) is 16.3 Å².